The van der Waals surface area contributed by atoms with Crippen LogP contribution in [0.2, 0.25) is 0 Å². The van der Waals surface area contributed by atoms with Gasteiger partial charge in [-0.05, 0) is 61.2 Å². The van der Waals surface area contributed by atoms with Gasteiger partial charge in [0.25, 0.3) is 0 Å². The fourth-order valence-electron chi connectivity index (χ4n) is 3.45. The summed E-state index contributed by atoms with van der Waals surface area (Å²) in [6.07, 6.45) is 4.64. The van der Waals surface area contributed by atoms with Crippen LogP contribution in [0, 0.1) is 5.92 Å². The van der Waals surface area contributed by atoms with Crippen molar-refractivity contribution in [1.29, 1.82) is 0 Å². The number of benzene rings is 1. The van der Waals surface area contributed by atoms with E-state index in [1.54, 1.807) is 19.1 Å². The minimum absolute atomic E-state index is 0.348. The van der Waals surface area contributed by atoms with E-state index >= 15 is 0 Å². The Morgan fingerprint density at radius 2 is 1.94 bits per heavy atom. The van der Waals surface area contributed by atoms with Gasteiger partial charge in [0.15, 0.2) is 6.10 Å². The normalized spacial score (nSPS) is 16.9. The molecule has 0 spiro atoms. The fourth-order valence-corrected chi connectivity index (χ4v) is 3.45. The first-order chi connectivity index (χ1) is 15.0. The van der Waals surface area contributed by atoms with Gasteiger partial charge in [-0.1, -0.05) is 19.1 Å². The number of nitrogens with zero attached hydrogens (tertiary/aromatic N) is 2. The molecule has 2 heterocycles. The van der Waals surface area contributed by atoms with Crippen LogP contribution >= 0.6 is 0 Å². The van der Waals surface area contributed by atoms with Gasteiger partial charge in [0.2, 0.25) is 0 Å². The Labute approximate surface area is 185 Å². The number of carboxylic acids is 1. The van der Waals surface area contributed by atoms with Crippen LogP contribution in [0.3, 0.4) is 0 Å². The van der Waals surface area contributed by atoms with Crippen LogP contribution in [0.4, 0.5) is 0 Å². The van der Waals surface area contributed by atoms with Crippen LogP contribution in [0.5, 0.6) is 5.75 Å². The molecule has 0 bridgehead atoms. The van der Waals surface area contributed by atoms with Crippen molar-refractivity contribution in [3.8, 4) is 5.75 Å². The molecule has 31 heavy (non-hydrogen) atoms. The summed E-state index contributed by atoms with van der Waals surface area (Å²) in [6, 6.07) is 11.5. The first kappa shape index (κ1) is 24.8. The molecule has 0 saturated carbocycles. The van der Waals surface area contributed by atoms with Gasteiger partial charge in [0.05, 0.1) is 0 Å². The average Bonchev–Trinajstić information content (AvgIpc) is 3.18. The molecule has 0 amide bonds. The number of likely N-dealkylation sites (tertiary alicyclic amines) is 1. The van der Waals surface area contributed by atoms with Crippen LogP contribution < -0.4 is 10.5 Å². The van der Waals surface area contributed by atoms with Gasteiger partial charge >= 0.3 is 5.97 Å². The number of aliphatic carboxylic acids is 1. The molecule has 1 saturated heterocycles. The standard InChI is InChI=1S/C13H19NO4.C11H16N2/c1-2-17-12(13(15)16)9-10-3-5-11(6-4-10)18-8-7-14;1-10-4-7-13(8-10)9-11-2-5-12-6-3-11/h3-6,12H,2,7-9,14H2,1H3,(H,15,16);2-3,5-6,10H,4,7-9H2,1H3. The van der Waals surface area contributed by atoms with E-state index in [4.69, 9.17) is 20.3 Å². The molecule has 170 valence electrons. The van der Waals surface area contributed by atoms with Crippen LogP contribution in [0.25, 0.3) is 0 Å². The van der Waals surface area contributed by atoms with Gasteiger partial charge in [-0.25, -0.2) is 4.79 Å². The third kappa shape index (κ3) is 9.46. The average molecular weight is 430 g/mol. The summed E-state index contributed by atoms with van der Waals surface area (Å²) in [4.78, 5) is 17.5. The van der Waals surface area contributed by atoms with E-state index in [0.29, 0.717) is 26.2 Å². The van der Waals surface area contributed by atoms with Crippen molar-refractivity contribution in [2.24, 2.45) is 11.7 Å². The molecule has 2 aromatic rings. The maximum atomic E-state index is 10.9. The van der Waals surface area contributed by atoms with Crippen molar-refractivity contribution >= 4 is 5.97 Å². The van der Waals surface area contributed by atoms with Crippen LogP contribution in [0.1, 0.15) is 31.4 Å². The number of carbonyl (C=O) groups is 1. The minimum Gasteiger partial charge on any atom is -0.492 e. The number of hydrogen-bond donors (Lipinski definition) is 2. The summed E-state index contributed by atoms with van der Waals surface area (Å²) >= 11 is 0. The number of hydrogen-bond acceptors (Lipinski definition) is 6. The monoisotopic (exact) mass is 429 g/mol. The maximum absolute atomic E-state index is 10.9. The Morgan fingerprint density at radius 1 is 1.23 bits per heavy atom. The molecule has 1 aliphatic rings. The molecule has 2 unspecified atom stereocenters. The molecule has 1 aromatic heterocycles. The Kier molecular flexibility index (Phi) is 11.0. The second-order valence-corrected chi connectivity index (χ2v) is 7.75. The largest absolute Gasteiger partial charge is 0.492 e. The lowest BCUT2D eigenvalue weighted by molar-refractivity contribution is -0.149. The topological polar surface area (TPSA) is 97.9 Å². The molecule has 3 N–H and O–H groups in total. The Hall–Kier alpha value is -2.48. The van der Waals surface area contributed by atoms with Crippen molar-refractivity contribution in [2.75, 3.05) is 32.8 Å². The van der Waals surface area contributed by atoms with E-state index in [-0.39, 0.29) is 0 Å². The van der Waals surface area contributed by atoms with E-state index in [1.165, 1.54) is 25.1 Å². The lowest BCUT2D eigenvalue weighted by atomic mass is 10.1. The smallest absolute Gasteiger partial charge is 0.333 e. The summed E-state index contributed by atoms with van der Waals surface area (Å²) in [5.41, 5.74) is 7.61. The zero-order valence-corrected chi connectivity index (χ0v) is 18.6. The molecule has 7 heteroatoms. The third-order valence-corrected chi connectivity index (χ3v) is 5.04. The number of rotatable bonds is 10. The highest BCUT2D eigenvalue weighted by molar-refractivity contribution is 5.72. The molecule has 2 atom stereocenters. The molecular formula is C24H35N3O4. The number of carboxylic acid groups (broad SMARTS) is 1. The predicted molar refractivity (Wildman–Crippen MR) is 121 cm³/mol. The molecule has 7 nitrogen and oxygen atoms in total. The van der Waals surface area contributed by atoms with Crippen LogP contribution in [-0.4, -0.2) is 59.9 Å². The molecule has 0 radical (unpaired) electrons. The molecular weight excluding hydrogens is 394 g/mol. The summed E-state index contributed by atoms with van der Waals surface area (Å²) < 4.78 is 10.5. The zero-order chi connectivity index (χ0) is 22.5. The Morgan fingerprint density at radius 3 is 2.48 bits per heavy atom. The second kappa shape index (κ2) is 13.7. The van der Waals surface area contributed by atoms with Gasteiger partial charge in [-0.3, -0.25) is 9.88 Å². The van der Waals surface area contributed by atoms with Gasteiger partial charge < -0.3 is 20.3 Å². The number of ether oxygens (including phenoxy) is 2. The van der Waals surface area contributed by atoms with E-state index in [0.717, 1.165) is 23.8 Å². The minimum atomic E-state index is -0.944. The lowest BCUT2D eigenvalue weighted by Crippen LogP contribution is -2.26. The molecule has 1 fully saturated rings. The summed E-state index contributed by atoms with van der Waals surface area (Å²) in [6.45, 7) is 9.02. The first-order valence-electron chi connectivity index (χ1n) is 10.9. The van der Waals surface area contributed by atoms with E-state index in [1.807, 2.05) is 24.5 Å². The van der Waals surface area contributed by atoms with Crippen molar-refractivity contribution in [1.82, 2.24) is 9.88 Å². The van der Waals surface area contributed by atoms with Gasteiger partial charge in [-0.2, -0.15) is 0 Å². The van der Waals surface area contributed by atoms with Crippen molar-refractivity contribution < 1.29 is 19.4 Å². The predicted octanol–water partition coefficient (Wildman–Crippen LogP) is 2.98. The highest BCUT2D eigenvalue weighted by atomic mass is 16.5. The lowest BCUT2D eigenvalue weighted by Gasteiger charge is -2.14. The first-order valence-corrected chi connectivity index (χ1v) is 10.9. The quantitative estimate of drug-likeness (QED) is 0.599. The highest BCUT2D eigenvalue weighted by Gasteiger charge is 2.18. The van der Waals surface area contributed by atoms with Gasteiger partial charge in [0, 0.05) is 45.1 Å². The molecule has 3 rings (SSSR count). The SMILES string of the molecule is CC1CCN(Cc2ccncc2)C1.CCOC(Cc1ccc(OCCN)cc1)C(=O)O. The molecule has 0 aliphatic carbocycles. The van der Waals surface area contributed by atoms with Gasteiger partial charge in [-0.15, -0.1) is 0 Å². The summed E-state index contributed by atoms with van der Waals surface area (Å²) in [5, 5.41) is 8.97. The Bertz CT molecular complexity index is 755. The second-order valence-electron chi connectivity index (χ2n) is 7.75. The summed E-state index contributed by atoms with van der Waals surface area (Å²) in [7, 11) is 0. The molecule has 1 aliphatic heterocycles. The van der Waals surface area contributed by atoms with Crippen LogP contribution in [-0.2, 0) is 22.5 Å². The molecule has 1 aromatic carbocycles. The van der Waals surface area contributed by atoms with Crippen LogP contribution in [0.15, 0.2) is 48.8 Å². The fraction of sp³-hybridized carbons (Fsp3) is 0.500. The van der Waals surface area contributed by atoms with Crippen molar-refractivity contribution in [3.63, 3.8) is 0 Å². The van der Waals surface area contributed by atoms with E-state index < -0.39 is 12.1 Å². The number of nitrogens with two attached hydrogens (primary N) is 1. The number of pyridine rings is 1. The maximum Gasteiger partial charge on any atom is 0.333 e. The zero-order valence-electron chi connectivity index (χ0n) is 18.6. The number of aromatic nitrogens is 1. The van der Waals surface area contributed by atoms with Gasteiger partial charge in [0.1, 0.15) is 12.4 Å². The Balaban J connectivity index is 0.000000231. The van der Waals surface area contributed by atoms with Crippen molar-refractivity contribution in [3.05, 3.63) is 59.9 Å². The van der Waals surface area contributed by atoms with E-state index in [2.05, 4.69) is 28.9 Å². The van der Waals surface area contributed by atoms with E-state index in [9.17, 15) is 4.79 Å². The highest BCUT2D eigenvalue weighted by Crippen LogP contribution is 2.17. The summed E-state index contributed by atoms with van der Waals surface area (Å²) in [5.74, 6) is 0.662. The van der Waals surface area contributed by atoms with Crippen molar-refractivity contribution in [2.45, 2.75) is 39.3 Å². The third-order valence-electron chi connectivity index (χ3n) is 5.04.